The molecule has 82 valence electrons. The standard InChI is InChI=1S/C7H3Cl4O3P/c8-7(12)4-1-2-5-6(3-4)14-15(9,10,11)13-5/h1-3H. The van der Waals surface area contributed by atoms with Crippen LogP contribution >= 0.6 is 50.4 Å². The molecular formula is C7H3Cl4O3P. The molecule has 0 spiro atoms. The Balaban J connectivity index is 2.45. The molecule has 1 aromatic rings. The van der Waals surface area contributed by atoms with Crippen LogP contribution in [0, 0.1) is 0 Å². The summed E-state index contributed by atoms with van der Waals surface area (Å²) in [7, 11) is 0. The Bertz CT molecular complexity index is 453. The average molecular weight is 308 g/mol. The van der Waals surface area contributed by atoms with Gasteiger partial charge in [0.25, 0.3) is 0 Å². The number of carbonyl (C=O) groups is 1. The summed E-state index contributed by atoms with van der Waals surface area (Å²) in [4.78, 5) is 10.9. The van der Waals surface area contributed by atoms with E-state index in [-0.39, 0.29) is 17.1 Å². The van der Waals surface area contributed by atoms with E-state index in [1.54, 1.807) is 0 Å². The number of hydrogen-bond donors (Lipinski definition) is 0. The van der Waals surface area contributed by atoms with Crippen molar-refractivity contribution in [2.45, 2.75) is 0 Å². The van der Waals surface area contributed by atoms with Crippen molar-refractivity contribution >= 4 is 55.7 Å². The van der Waals surface area contributed by atoms with E-state index in [9.17, 15) is 4.79 Å². The normalized spacial score (nSPS) is 22.8. The van der Waals surface area contributed by atoms with Gasteiger partial charge in [-0.2, -0.15) is 0 Å². The number of benzene rings is 1. The summed E-state index contributed by atoms with van der Waals surface area (Å²) in [5.74, 6) is 0.494. The second-order valence-corrected chi connectivity index (χ2v) is 12.0. The summed E-state index contributed by atoms with van der Waals surface area (Å²) < 4.78 is 10.1. The zero-order valence-electron chi connectivity index (χ0n) is 6.92. The molecule has 0 bridgehead atoms. The molecule has 1 aliphatic heterocycles. The summed E-state index contributed by atoms with van der Waals surface area (Å²) >= 11 is 22.4. The maximum absolute atomic E-state index is 10.9. The van der Waals surface area contributed by atoms with Crippen LogP contribution in [0.5, 0.6) is 11.5 Å². The Morgan fingerprint density at radius 3 is 2.33 bits per heavy atom. The van der Waals surface area contributed by atoms with Crippen molar-refractivity contribution in [2.24, 2.45) is 0 Å². The SMILES string of the molecule is O=C(Cl)c1ccc2c(c1)OP(Cl)(Cl)(Cl)O2. The third-order valence-corrected chi connectivity index (χ3v) is 4.07. The molecule has 0 N–H and O–H groups in total. The Morgan fingerprint density at radius 1 is 1.13 bits per heavy atom. The second kappa shape index (κ2) is 3.28. The van der Waals surface area contributed by atoms with Crippen molar-refractivity contribution in [2.75, 3.05) is 0 Å². The molecule has 1 aliphatic rings. The van der Waals surface area contributed by atoms with Crippen LogP contribution in [-0.4, -0.2) is 5.24 Å². The molecule has 0 amide bonds. The van der Waals surface area contributed by atoms with E-state index in [0.717, 1.165) is 0 Å². The van der Waals surface area contributed by atoms with Gasteiger partial charge in [0, 0.05) is 0 Å². The van der Waals surface area contributed by atoms with Crippen LogP contribution in [0.2, 0.25) is 0 Å². The summed E-state index contributed by atoms with van der Waals surface area (Å²) in [5.41, 5.74) is 0.248. The van der Waals surface area contributed by atoms with E-state index >= 15 is 0 Å². The van der Waals surface area contributed by atoms with E-state index in [0.29, 0.717) is 0 Å². The van der Waals surface area contributed by atoms with Gasteiger partial charge in [0.15, 0.2) is 0 Å². The van der Waals surface area contributed by atoms with Gasteiger partial charge in [0.05, 0.1) is 0 Å². The molecule has 1 aromatic carbocycles. The van der Waals surface area contributed by atoms with Crippen molar-refractivity contribution in [3.05, 3.63) is 23.8 Å². The zero-order valence-corrected chi connectivity index (χ0v) is 10.8. The fourth-order valence-electron chi connectivity index (χ4n) is 1.10. The van der Waals surface area contributed by atoms with Gasteiger partial charge in [-0.1, -0.05) is 0 Å². The molecule has 0 aliphatic carbocycles. The Hall–Kier alpha value is 0.0800. The molecule has 0 saturated carbocycles. The van der Waals surface area contributed by atoms with Crippen molar-refractivity contribution in [1.82, 2.24) is 0 Å². The van der Waals surface area contributed by atoms with Crippen molar-refractivity contribution in [1.29, 1.82) is 0 Å². The van der Waals surface area contributed by atoms with Crippen LogP contribution in [0.1, 0.15) is 10.4 Å². The van der Waals surface area contributed by atoms with Gasteiger partial charge in [0.1, 0.15) is 0 Å². The quantitative estimate of drug-likeness (QED) is 0.558. The first-order chi connectivity index (χ1) is 6.74. The van der Waals surface area contributed by atoms with Gasteiger partial charge in [-0.25, -0.2) is 0 Å². The van der Waals surface area contributed by atoms with Crippen LogP contribution in [-0.2, 0) is 0 Å². The summed E-state index contributed by atoms with van der Waals surface area (Å²) in [6, 6.07) is 4.29. The Morgan fingerprint density at radius 2 is 1.73 bits per heavy atom. The predicted octanol–water partition coefficient (Wildman–Crippen LogP) is 4.68. The van der Waals surface area contributed by atoms with Crippen LogP contribution < -0.4 is 9.05 Å². The molecule has 0 aromatic heterocycles. The minimum atomic E-state index is -4.10. The molecule has 0 atom stereocenters. The summed E-state index contributed by atoms with van der Waals surface area (Å²) in [6.45, 7) is 0. The van der Waals surface area contributed by atoms with Gasteiger partial charge in [-0.3, -0.25) is 0 Å². The van der Waals surface area contributed by atoms with E-state index in [1.807, 2.05) is 0 Å². The van der Waals surface area contributed by atoms with Crippen LogP contribution in [0.15, 0.2) is 18.2 Å². The summed E-state index contributed by atoms with van der Waals surface area (Å²) in [6.07, 6.45) is 0. The molecule has 0 radical (unpaired) electrons. The molecule has 0 saturated heterocycles. The van der Waals surface area contributed by atoms with E-state index in [4.69, 9.17) is 54.4 Å². The van der Waals surface area contributed by atoms with Crippen molar-refractivity contribution < 1.29 is 13.8 Å². The van der Waals surface area contributed by atoms with Crippen LogP contribution in [0.4, 0.5) is 0 Å². The maximum atomic E-state index is 10.9. The third-order valence-electron chi connectivity index (χ3n) is 1.65. The van der Waals surface area contributed by atoms with Crippen LogP contribution in [0.3, 0.4) is 0 Å². The van der Waals surface area contributed by atoms with E-state index in [1.165, 1.54) is 18.2 Å². The fourth-order valence-corrected chi connectivity index (χ4v) is 3.49. The molecule has 0 unspecified atom stereocenters. The minimum absolute atomic E-state index is 0.208. The van der Waals surface area contributed by atoms with Crippen molar-refractivity contribution in [3.8, 4) is 11.5 Å². The van der Waals surface area contributed by atoms with Gasteiger partial charge in [-0.15, -0.1) is 0 Å². The van der Waals surface area contributed by atoms with Gasteiger partial charge >= 0.3 is 105 Å². The molecule has 0 fully saturated rings. The zero-order chi connectivity index (χ0) is 11.3. The monoisotopic (exact) mass is 306 g/mol. The van der Waals surface area contributed by atoms with Gasteiger partial charge < -0.3 is 0 Å². The van der Waals surface area contributed by atoms with E-state index in [2.05, 4.69) is 0 Å². The molecule has 2 rings (SSSR count). The first kappa shape index (κ1) is 11.6. The Labute approximate surface area is 105 Å². The number of fused-ring (bicyclic) bond motifs is 1. The van der Waals surface area contributed by atoms with Crippen LogP contribution in [0.25, 0.3) is 0 Å². The topological polar surface area (TPSA) is 35.5 Å². The average Bonchev–Trinajstić information content (AvgIpc) is 2.31. The number of carbonyl (C=O) groups excluding carboxylic acids is 1. The van der Waals surface area contributed by atoms with Gasteiger partial charge in [0.2, 0.25) is 0 Å². The number of rotatable bonds is 1. The predicted molar refractivity (Wildman–Crippen MR) is 62.4 cm³/mol. The molecule has 8 heteroatoms. The number of hydrogen-bond acceptors (Lipinski definition) is 3. The molecular weight excluding hydrogens is 305 g/mol. The first-order valence-corrected chi connectivity index (χ1v) is 8.83. The second-order valence-electron chi connectivity index (χ2n) is 2.80. The fraction of sp³-hybridized carbons (Fsp3) is 0. The third kappa shape index (κ3) is 2.43. The summed E-state index contributed by atoms with van der Waals surface area (Å²) in [5, 5.41) is -4.72. The Kier molecular flexibility index (Phi) is 2.53. The van der Waals surface area contributed by atoms with Gasteiger partial charge in [-0.05, 0) is 0 Å². The number of halogens is 4. The molecule has 1 heterocycles. The first-order valence-electron chi connectivity index (χ1n) is 3.66. The van der Waals surface area contributed by atoms with Crippen molar-refractivity contribution in [3.63, 3.8) is 0 Å². The molecule has 15 heavy (non-hydrogen) atoms. The van der Waals surface area contributed by atoms with E-state index < -0.39 is 10.4 Å². The molecule has 3 nitrogen and oxygen atoms in total.